The van der Waals surface area contributed by atoms with Gasteiger partial charge in [0.25, 0.3) is 0 Å². The number of aromatic nitrogens is 5. The smallest absolute Gasteiger partial charge is 0.475 e. The van der Waals surface area contributed by atoms with Gasteiger partial charge in [-0.05, 0) is 44.9 Å². The zero-order valence-corrected chi connectivity index (χ0v) is 24.9. The molecule has 238 valence electrons. The van der Waals surface area contributed by atoms with E-state index in [2.05, 4.69) is 27.2 Å². The van der Waals surface area contributed by atoms with Crippen LogP contribution in [-0.2, 0) is 16.6 Å². The Morgan fingerprint density at radius 1 is 1.09 bits per heavy atom. The monoisotopic (exact) mass is 626 g/mol. The van der Waals surface area contributed by atoms with E-state index in [-0.39, 0.29) is 24.5 Å². The van der Waals surface area contributed by atoms with Crippen molar-refractivity contribution in [2.45, 2.75) is 38.9 Å². The second kappa shape index (κ2) is 13.8. The minimum atomic E-state index is -5.08. The van der Waals surface area contributed by atoms with Crippen LogP contribution in [0.25, 0.3) is 27.8 Å². The van der Waals surface area contributed by atoms with Crippen molar-refractivity contribution in [1.29, 1.82) is 5.26 Å². The van der Waals surface area contributed by atoms with E-state index in [0.717, 1.165) is 59.5 Å². The minimum Gasteiger partial charge on any atom is -0.475 e. The van der Waals surface area contributed by atoms with Crippen LogP contribution in [0.2, 0.25) is 0 Å². The van der Waals surface area contributed by atoms with Crippen LogP contribution in [0.3, 0.4) is 0 Å². The van der Waals surface area contributed by atoms with E-state index in [4.69, 9.17) is 14.9 Å². The standard InChI is InChI=1S/C28H32N8O2.C2HF3O2/c1-19(2)35(10-11-37)28(38)20-6-8-34(9-7-20)26-5-4-21(14-30-26)25-12-22(24-16-31-33(3)17-24)18-36-27(25)23(13-29)15-32-36;3-2(4,5)1(6)7/h4-5,12,14-20,37H,6-11H2,1-3H3;(H,6,7). The first-order valence-electron chi connectivity index (χ1n) is 14.2. The Kier molecular flexibility index (Phi) is 10.1. The summed E-state index contributed by atoms with van der Waals surface area (Å²) >= 11 is 0. The van der Waals surface area contributed by atoms with E-state index >= 15 is 0 Å². The molecule has 12 nitrogen and oxygen atoms in total. The minimum absolute atomic E-state index is 0.0222. The second-order valence-electron chi connectivity index (χ2n) is 10.8. The molecule has 1 aliphatic heterocycles. The Morgan fingerprint density at radius 3 is 2.29 bits per heavy atom. The van der Waals surface area contributed by atoms with Crippen molar-refractivity contribution in [3.63, 3.8) is 0 Å². The van der Waals surface area contributed by atoms with Gasteiger partial charge in [-0.3, -0.25) is 9.48 Å². The predicted octanol–water partition coefficient (Wildman–Crippen LogP) is 3.75. The lowest BCUT2D eigenvalue weighted by molar-refractivity contribution is -0.192. The number of fused-ring (bicyclic) bond motifs is 1. The number of rotatable bonds is 7. The van der Waals surface area contributed by atoms with Crippen molar-refractivity contribution in [2.24, 2.45) is 13.0 Å². The molecule has 0 aromatic carbocycles. The number of carboxylic acids is 1. The molecule has 0 unspecified atom stereocenters. The third-order valence-corrected chi connectivity index (χ3v) is 7.49. The van der Waals surface area contributed by atoms with Crippen LogP contribution in [0, 0.1) is 17.2 Å². The van der Waals surface area contributed by atoms with Crippen molar-refractivity contribution in [1.82, 2.24) is 29.3 Å². The largest absolute Gasteiger partial charge is 0.490 e. The number of anilines is 1. The van der Waals surface area contributed by atoms with Gasteiger partial charge in [-0.15, -0.1) is 0 Å². The van der Waals surface area contributed by atoms with Gasteiger partial charge < -0.3 is 20.0 Å². The zero-order valence-electron chi connectivity index (χ0n) is 24.9. The first kappa shape index (κ1) is 32.9. The van der Waals surface area contributed by atoms with E-state index in [1.807, 2.05) is 51.6 Å². The topological polar surface area (TPSA) is 153 Å². The van der Waals surface area contributed by atoms with E-state index in [1.165, 1.54) is 0 Å². The van der Waals surface area contributed by atoms with E-state index in [1.54, 1.807) is 26.5 Å². The molecule has 0 radical (unpaired) electrons. The Morgan fingerprint density at radius 2 is 1.78 bits per heavy atom. The number of aliphatic hydroxyl groups is 1. The molecule has 4 aromatic rings. The highest BCUT2D eigenvalue weighted by Gasteiger charge is 2.38. The van der Waals surface area contributed by atoms with Crippen LogP contribution >= 0.6 is 0 Å². The van der Waals surface area contributed by atoms with Crippen LogP contribution in [0.5, 0.6) is 0 Å². The highest BCUT2D eigenvalue weighted by atomic mass is 19.4. The summed E-state index contributed by atoms with van der Waals surface area (Å²) in [4.78, 5) is 30.6. The number of piperidine rings is 1. The summed E-state index contributed by atoms with van der Waals surface area (Å²) in [5.41, 5.74) is 4.92. The third kappa shape index (κ3) is 7.58. The molecule has 1 amide bonds. The number of nitriles is 1. The van der Waals surface area contributed by atoms with Crippen LogP contribution in [-0.4, -0.2) is 89.8 Å². The lowest BCUT2D eigenvalue weighted by Crippen LogP contribution is -2.46. The quantitative estimate of drug-likeness (QED) is 0.312. The fourth-order valence-corrected chi connectivity index (χ4v) is 5.20. The summed E-state index contributed by atoms with van der Waals surface area (Å²) in [6.07, 6.45) is 5.51. The van der Waals surface area contributed by atoms with Crippen LogP contribution < -0.4 is 4.90 Å². The number of nitrogens with zero attached hydrogens (tertiary/aromatic N) is 8. The van der Waals surface area contributed by atoms with Gasteiger partial charge in [-0.1, -0.05) is 0 Å². The van der Waals surface area contributed by atoms with Crippen LogP contribution in [0.15, 0.2) is 49.2 Å². The van der Waals surface area contributed by atoms with E-state index < -0.39 is 12.1 Å². The molecular formula is C30H33F3N8O4. The summed E-state index contributed by atoms with van der Waals surface area (Å²) in [6.45, 7) is 5.81. The molecule has 1 saturated heterocycles. The molecule has 0 aliphatic carbocycles. The van der Waals surface area contributed by atoms with Gasteiger partial charge in [-0.2, -0.15) is 28.6 Å². The number of aryl methyl sites for hydroxylation is 1. The molecule has 5 rings (SSSR count). The van der Waals surface area contributed by atoms with Crippen molar-refractivity contribution >= 4 is 23.2 Å². The van der Waals surface area contributed by atoms with Gasteiger partial charge in [0, 0.05) is 79.5 Å². The molecule has 0 bridgehead atoms. The number of alkyl halides is 3. The lowest BCUT2D eigenvalue weighted by atomic mass is 9.94. The number of pyridine rings is 2. The summed E-state index contributed by atoms with van der Waals surface area (Å²) in [7, 11) is 1.88. The molecule has 5 heterocycles. The average Bonchev–Trinajstić information content (AvgIpc) is 3.65. The van der Waals surface area contributed by atoms with Gasteiger partial charge in [-0.25, -0.2) is 14.3 Å². The number of halogens is 3. The third-order valence-electron chi connectivity index (χ3n) is 7.49. The molecular weight excluding hydrogens is 593 g/mol. The van der Waals surface area contributed by atoms with E-state index in [9.17, 15) is 28.3 Å². The summed E-state index contributed by atoms with van der Waals surface area (Å²) in [5.74, 6) is -1.80. The number of carbonyl (C=O) groups excluding carboxylic acids is 1. The van der Waals surface area contributed by atoms with Gasteiger partial charge in [0.05, 0.1) is 30.1 Å². The molecule has 2 N–H and O–H groups in total. The summed E-state index contributed by atoms with van der Waals surface area (Å²) in [6, 6.07) is 8.40. The Balaban J connectivity index is 0.000000591. The number of hydrogen-bond donors (Lipinski definition) is 2. The number of aliphatic hydroxyl groups excluding tert-OH is 1. The maximum atomic E-state index is 13.0. The molecule has 15 heteroatoms. The SMILES string of the molecule is CC(C)N(CCO)C(=O)C1CCN(c2ccc(-c3cc(-c4cnn(C)c4)cn4ncc(C#N)c34)cn2)CC1.O=C(O)C(F)(F)F. The van der Waals surface area contributed by atoms with Gasteiger partial charge in [0.1, 0.15) is 11.9 Å². The van der Waals surface area contributed by atoms with Gasteiger partial charge in [0.2, 0.25) is 5.91 Å². The van der Waals surface area contributed by atoms with Crippen molar-refractivity contribution in [3.8, 4) is 28.3 Å². The number of carbonyl (C=O) groups is 2. The Bertz CT molecular complexity index is 1680. The zero-order chi connectivity index (χ0) is 32.9. The molecule has 1 aliphatic rings. The molecule has 0 spiro atoms. The number of carboxylic acid groups (broad SMARTS) is 1. The molecule has 1 fully saturated rings. The fraction of sp³-hybridized carbons (Fsp3) is 0.400. The number of aliphatic carboxylic acids is 1. The van der Waals surface area contributed by atoms with Crippen LogP contribution in [0.1, 0.15) is 32.3 Å². The average molecular weight is 627 g/mol. The maximum absolute atomic E-state index is 13.0. The predicted molar refractivity (Wildman–Crippen MR) is 158 cm³/mol. The second-order valence-corrected chi connectivity index (χ2v) is 10.8. The fourth-order valence-electron chi connectivity index (χ4n) is 5.20. The van der Waals surface area contributed by atoms with Crippen LogP contribution in [0.4, 0.5) is 19.0 Å². The molecule has 4 aromatic heterocycles. The van der Waals surface area contributed by atoms with E-state index in [0.29, 0.717) is 12.1 Å². The number of hydrogen-bond acceptors (Lipinski definition) is 8. The normalized spacial score (nSPS) is 13.8. The van der Waals surface area contributed by atoms with Crippen molar-refractivity contribution in [2.75, 3.05) is 31.1 Å². The summed E-state index contributed by atoms with van der Waals surface area (Å²) < 4.78 is 35.2. The first-order valence-corrected chi connectivity index (χ1v) is 14.2. The van der Waals surface area contributed by atoms with Gasteiger partial charge in [0.15, 0.2) is 0 Å². The van der Waals surface area contributed by atoms with Gasteiger partial charge >= 0.3 is 12.1 Å². The van der Waals surface area contributed by atoms with Crippen molar-refractivity contribution in [3.05, 3.63) is 54.7 Å². The Labute approximate surface area is 256 Å². The molecule has 0 atom stereocenters. The van der Waals surface area contributed by atoms with Crippen molar-refractivity contribution < 1.29 is 33.0 Å². The number of amides is 1. The molecule has 0 saturated carbocycles. The highest BCUT2D eigenvalue weighted by molar-refractivity contribution is 5.87. The molecule has 45 heavy (non-hydrogen) atoms. The highest BCUT2D eigenvalue weighted by Crippen LogP contribution is 2.33. The Hall–Kier alpha value is -4.97. The maximum Gasteiger partial charge on any atom is 0.490 e. The first-order chi connectivity index (χ1) is 21.3. The lowest BCUT2D eigenvalue weighted by Gasteiger charge is -2.36. The summed E-state index contributed by atoms with van der Waals surface area (Å²) in [5, 5.41) is 34.8.